The van der Waals surface area contributed by atoms with Gasteiger partial charge < -0.3 is 14.2 Å². The number of methoxy groups -OCH3 is 1. The molecule has 0 radical (unpaired) electrons. The molecule has 1 aliphatic rings. The van der Waals surface area contributed by atoms with Crippen molar-refractivity contribution < 1.29 is 23.8 Å². The average Bonchev–Trinajstić information content (AvgIpc) is 3.07. The lowest BCUT2D eigenvalue weighted by atomic mass is 10.1. The molecule has 5 heteroatoms. The van der Waals surface area contributed by atoms with E-state index >= 15 is 0 Å². The molecular weight excluding hydrogens is 368 g/mol. The molecule has 0 atom stereocenters. The van der Waals surface area contributed by atoms with Gasteiger partial charge in [0.05, 0.1) is 18.2 Å². The summed E-state index contributed by atoms with van der Waals surface area (Å²) in [5, 5.41) is 0. The zero-order valence-corrected chi connectivity index (χ0v) is 16.0. The SMILES string of the molecule is COc1cccc(C(=O)Oc2ccc3c(c2C)O/C(=C\c2ccccc2)C3=O)c1. The lowest BCUT2D eigenvalue weighted by Crippen LogP contribution is -2.09. The smallest absolute Gasteiger partial charge is 0.343 e. The van der Waals surface area contributed by atoms with Crippen LogP contribution in [0, 0.1) is 6.92 Å². The van der Waals surface area contributed by atoms with Crippen LogP contribution in [0.15, 0.2) is 72.5 Å². The number of hydrogen-bond donors (Lipinski definition) is 0. The largest absolute Gasteiger partial charge is 0.497 e. The maximum absolute atomic E-state index is 12.7. The van der Waals surface area contributed by atoms with Gasteiger partial charge in [-0.1, -0.05) is 36.4 Å². The minimum atomic E-state index is -0.517. The first-order valence-electron chi connectivity index (χ1n) is 9.06. The molecule has 1 heterocycles. The fraction of sp³-hybridized carbons (Fsp3) is 0.0833. The highest BCUT2D eigenvalue weighted by Crippen LogP contribution is 2.39. The van der Waals surface area contributed by atoms with Gasteiger partial charge in [-0.3, -0.25) is 4.79 Å². The van der Waals surface area contributed by atoms with Crippen molar-refractivity contribution in [3.05, 3.63) is 94.7 Å². The third-order valence-electron chi connectivity index (χ3n) is 4.64. The number of rotatable bonds is 4. The van der Waals surface area contributed by atoms with Crippen molar-refractivity contribution >= 4 is 17.8 Å². The number of allylic oxidation sites excluding steroid dienone is 1. The maximum Gasteiger partial charge on any atom is 0.343 e. The molecule has 1 aliphatic heterocycles. The van der Waals surface area contributed by atoms with E-state index in [4.69, 9.17) is 14.2 Å². The molecule has 0 fully saturated rings. The van der Waals surface area contributed by atoms with Gasteiger partial charge in [0.1, 0.15) is 17.2 Å². The Kier molecular flexibility index (Phi) is 4.87. The molecule has 29 heavy (non-hydrogen) atoms. The van der Waals surface area contributed by atoms with E-state index in [9.17, 15) is 9.59 Å². The van der Waals surface area contributed by atoms with Gasteiger partial charge in [-0.05, 0) is 48.9 Å². The number of carbonyl (C=O) groups is 2. The molecule has 3 aromatic rings. The third-order valence-corrected chi connectivity index (χ3v) is 4.64. The number of esters is 1. The monoisotopic (exact) mass is 386 g/mol. The minimum absolute atomic E-state index is 0.197. The molecular formula is C24H18O5. The van der Waals surface area contributed by atoms with Gasteiger partial charge in [0, 0.05) is 5.56 Å². The highest BCUT2D eigenvalue weighted by atomic mass is 16.5. The van der Waals surface area contributed by atoms with Crippen LogP contribution < -0.4 is 14.2 Å². The molecule has 0 saturated heterocycles. The Morgan fingerprint density at radius 3 is 2.55 bits per heavy atom. The van der Waals surface area contributed by atoms with E-state index in [2.05, 4.69) is 0 Å². The van der Waals surface area contributed by atoms with E-state index < -0.39 is 5.97 Å². The van der Waals surface area contributed by atoms with Crippen LogP contribution in [-0.2, 0) is 0 Å². The topological polar surface area (TPSA) is 61.8 Å². The zero-order valence-electron chi connectivity index (χ0n) is 16.0. The fourth-order valence-corrected chi connectivity index (χ4v) is 3.09. The number of fused-ring (bicyclic) bond motifs is 1. The van der Waals surface area contributed by atoms with Crippen LogP contribution in [0.25, 0.3) is 6.08 Å². The molecule has 144 valence electrons. The first-order valence-corrected chi connectivity index (χ1v) is 9.06. The molecule has 0 saturated carbocycles. The molecule has 4 rings (SSSR count). The predicted octanol–water partition coefficient (Wildman–Crippen LogP) is 4.84. The molecule has 0 spiro atoms. The second-order valence-corrected chi connectivity index (χ2v) is 6.54. The molecule has 0 bridgehead atoms. The van der Waals surface area contributed by atoms with Crippen LogP contribution in [0.4, 0.5) is 0 Å². The molecule has 0 unspecified atom stereocenters. The van der Waals surface area contributed by atoms with E-state index in [0.717, 1.165) is 5.56 Å². The summed E-state index contributed by atoms with van der Waals surface area (Å²) in [7, 11) is 1.53. The van der Waals surface area contributed by atoms with Gasteiger partial charge in [0.15, 0.2) is 5.76 Å². The number of ether oxygens (including phenoxy) is 3. The Morgan fingerprint density at radius 1 is 1.00 bits per heavy atom. The van der Waals surface area contributed by atoms with Crippen molar-refractivity contribution in [3.63, 3.8) is 0 Å². The summed E-state index contributed by atoms with van der Waals surface area (Å²) in [6.45, 7) is 1.76. The van der Waals surface area contributed by atoms with Gasteiger partial charge in [-0.15, -0.1) is 0 Å². The van der Waals surface area contributed by atoms with E-state index in [0.29, 0.717) is 33.9 Å². The lowest BCUT2D eigenvalue weighted by Gasteiger charge is -2.10. The van der Waals surface area contributed by atoms with Crippen molar-refractivity contribution in [2.24, 2.45) is 0 Å². The standard InChI is InChI=1S/C24H18O5/c1-15-20(29-24(26)17-9-6-10-18(14-17)27-2)12-11-19-22(25)21(28-23(15)19)13-16-7-4-3-5-8-16/h3-14H,1-2H3/b21-13-. The van der Waals surface area contributed by atoms with Gasteiger partial charge in [-0.25, -0.2) is 4.79 Å². The second kappa shape index (κ2) is 7.64. The highest BCUT2D eigenvalue weighted by Gasteiger charge is 2.30. The summed E-state index contributed by atoms with van der Waals surface area (Å²) in [6, 6.07) is 19.4. The van der Waals surface area contributed by atoms with Crippen LogP contribution in [-0.4, -0.2) is 18.9 Å². The summed E-state index contributed by atoms with van der Waals surface area (Å²) < 4.78 is 16.5. The Morgan fingerprint density at radius 2 is 1.79 bits per heavy atom. The molecule has 0 aromatic heterocycles. The zero-order chi connectivity index (χ0) is 20.4. The normalized spacial score (nSPS) is 13.7. The Hall–Kier alpha value is -3.86. The minimum Gasteiger partial charge on any atom is -0.497 e. The number of benzene rings is 3. The quantitative estimate of drug-likeness (QED) is 0.365. The second-order valence-electron chi connectivity index (χ2n) is 6.54. The number of carbonyl (C=O) groups excluding carboxylic acids is 2. The molecule has 0 amide bonds. The Balaban J connectivity index is 1.60. The van der Waals surface area contributed by atoms with E-state index in [1.807, 2.05) is 30.3 Å². The number of ketones is 1. The van der Waals surface area contributed by atoms with Crippen LogP contribution in [0.3, 0.4) is 0 Å². The summed E-state index contributed by atoms with van der Waals surface area (Å²) >= 11 is 0. The van der Waals surface area contributed by atoms with Crippen molar-refractivity contribution in [3.8, 4) is 17.2 Å². The third kappa shape index (κ3) is 3.62. The van der Waals surface area contributed by atoms with Gasteiger partial charge in [0.2, 0.25) is 5.78 Å². The predicted molar refractivity (Wildman–Crippen MR) is 109 cm³/mol. The van der Waals surface area contributed by atoms with Gasteiger partial charge in [0.25, 0.3) is 0 Å². The number of hydrogen-bond acceptors (Lipinski definition) is 5. The fourth-order valence-electron chi connectivity index (χ4n) is 3.09. The lowest BCUT2D eigenvalue weighted by molar-refractivity contribution is 0.0732. The molecule has 0 N–H and O–H groups in total. The Labute approximate surface area is 168 Å². The van der Waals surface area contributed by atoms with Crippen molar-refractivity contribution in [1.29, 1.82) is 0 Å². The maximum atomic E-state index is 12.7. The summed E-state index contributed by atoms with van der Waals surface area (Å²) in [6.07, 6.45) is 1.70. The summed E-state index contributed by atoms with van der Waals surface area (Å²) in [5.41, 5.74) is 2.27. The first-order chi connectivity index (χ1) is 14.1. The molecule has 5 nitrogen and oxygen atoms in total. The van der Waals surface area contributed by atoms with Crippen molar-refractivity contribution in [2.75, 3.05) is 7.11 Å². The summed E-state index contributed by atoms with van der Waals surface area (Å²) in [5.74, 6) is 0.840. The van der Waals surface area contributed by atoms with Gasteiger partial charge in [-0.2, -0.15) is 0 Å². The van der Waals surface area contributed by atoms with Crippen molar-refractivity contribution in [1.82, 2.24) is 0 Å². The number of Topliss-reactive ketones (excluding diaryl/α,β-unsaturated/α-hetero) is 1. The first kappa shape index (κ1) is 18.5. The van der Waals surface area contributed by atoms with Gasteiger partial charge >= 0.3 is 5.97 Å². The Bertz CT molecular complexity index is 1130. The summed E-state index contributed by atoms with van der Waals surface area (Å²) in [4.78, 5) is 25.2. The van der Waals surface area contributed by atoms with Crippen LogP contribution in [0.1, 0.15) is 31.8 Å². The molecule has 0 aliphatic carbocycles. The van der Waals surface area contributed by atoms with E-state index in [1.54, 1.807) is 49.4 Å². The van der Waals surface area contributed by atoms with Crippen LogP contribution in [0.5, 0.6) is 17.2 Å². The van der Waals surface area contributed by atoms with Crippen molar-refractivity contribution in [2.45, 2.75) is 6.92 Å². The van der Waals surface area contributed by atoms with E-state index in [1.165, 1.54) is 7.11 Å². The molecule has 3 aromatic carbocycles. The van der Waals surface area contributed by atoms with Crippen LogP contribution in [0.2, 0.25) is 0 Å². The average molecular weight is 386 g/mol. The van der Waals surface area contributed by atoms with Crippen LogP contribution >= 0.6 is 0 Å². The van der Waals surface area contributed by atoms with E-state index in [-0.39, 0.29) is 11.5 Å². The highest BCUT2D eigenvalue weighted by molar-refractivity contribution is 6.15.